The molecule has 0 amide bonds. The minimum absolute atomic E-state index is 0.623. The number of hydrogen-bond donors (Lipinski definition) is 2. The molecule has 0 nitrogen and oxygen atoms in total. The van der Waals surface area contributed by atoms with Crippen LogP contribution in [0, 0.1) is 0 Å². The minimum Gasteiger partial charge on any atom is -0.129 e. The van der Waals surface area contributed by atoms with E-state index in [-0.39, 0.29) is 0 Å². The van der Waals surface area contributed by atoms with Crippen LogP contribution < -0.4 is 0 Å². The Balaban J connectivity index is 3.73. The third-order valence-electron chi connectivity index (χ3n) is 0.273. The summed E-state index contributed by atoms with van der Waals surface area (Å²) in [6.07, 6.45) is 1.76. The Labute approximate surface area is 48.8 Å². The van der Waals surface area contributed by atoms with Crippen molar-refractivity contribution in [2.75, 3.05) is 0 Å². The molecule has 0 fully saturated rings. The first-order valence-corrected chi connectivity index (χ1v) is 2.46. The highest BCUT2D eigenvalue weighted by molar-refractivity contribution is 8.04. The number of thiol groups is 2. The van der Waals surface area contributed by atoms with Gasteiger partial charge in [-0.25, -0.2) is 0 Å². The molecule has 0 atom stereocenters. The first-order chi connectivity index (χ1) is 2.77. The van der Waals surface area contributed by atoms with Crippen molar-refractivity contribution in [2.24, 2.45) is 0 Å². The van der Waals surface area contributed by atoms with E-state index in [1.807, 2.05) is 6.92 Å². The highest BCUT2D eigenvalue weighted by Gasteiger charge is 1.62. The van der Waals surface area contributed by atoms with Gasteiger partial charge in [-0.2, -0.15) is 0 Å². The molecule has 0 aliphatic heterocycles. The van der Waals surface area contributed by atoms with Crippen LogP contribution in [-0.4, -0.2) is 0 Å². The topological polar surface area (TPSA) is 0 Å². The van der Waals surface area contributed by atoms with Gasteiger partial charge in [0.2, 0.25) is 0 Å². The first-order valence-electron chi connectivity index (χ1n) is 1.56. The second kappa shape index (κ2) is 3.41. The molecule has 0 saturated carbocycles. The smallest absolute Gasteiger partial charge is 0.0760 e. The Morgan fingerprint density at radius 3 is 2.17 bits per heavy atom. The van der Waals surface area contributed by atoms with Gasteiger partial charge >= 0.3 is 0 Å². The van der Waals surface area contributed by atoms with Gasteiger partial charge in [0.05, 0.1) is 4.24 Å². The summed E-state index contributed by atoms with van der Waals surface area (Å²) < 4.78 is 0.623. The number of allylic oxidation sites excluding steroid dienone is 1. The molecule has 0 aromatic heterocycles. The summed E-state index contributed by atoms with van der Waals surface area (Å²) in [6, 6.07) is 0. The Bertz CT molecular complexity index is 83.7. The van der Waals surface area contributed by atoms with Gasteiger partial charge in [0.25, 0.3) is 0 Å². The maximum Gasteiger partial charge on any atom is 0.0760 e. The van der Waals surface area contributed by atoms with Crippen molar-refractivity contribution in [3.05, 3.63) is 16.0 Å². The van der Waals surface area contributed by atoms with Crippen LogP contribution in [0.25, 0.3) is 0 Å². The fourth-order valence-electron chi connectivity index (χ4n) is 0.129. The highest BCUT2D eigenvalue weighted by Crippen LogP contribution is 1.99. The van der Waals surface area contributed by atoms with Crippen LogP contribution in [0.1, 0.15) is 6.92 Å². The van der Waals surface area contributed by atoms with Gasteiger partial charge in [0.1, 0.15) is 0 Å². The fourth-order valence-corrected chi connectivity index (χ4v) is 0.387. The molecule has 0 aliphatic rings. The molecular formula is C4H6S2. The average Bonchev–Trinajstić information content (AvgIpc) is 1.35. The second-order valence-corrected chi connectivity index (χ2v) is 2.00. The Morgan fingerprint density at radius 2 is 2.17 bits per heavy atom. The summed E-state index contributed by atoms with van der Waals surface area (Å²) in [6.45, 7) is 1.87. The maximum atomic E-state index is 3.82. The van der Waals surface area contributed by atoms with E-state index in [2.05, 4.69) is 31.0 Å². The van der Waals surface area contributed by atoms with Crippen molar-refractivity contribution in [2.45, 2.75) is 6.92 Å². The molecule has 34 valence electrons. The number of rotatable bonds is 0. The molecule has 0 aromatic carbocycles. The summed E-state index contributed by atoms with van der Waals surface area (Å²) >= 11 is 7.63. The van der Waals surface area contributed by atoms with Crippen LogP contribution in [0.15, 0.2) is 16.0 Å². The van der Waals surface area contributed by atoms with Gasteiger partial charge < -0.3 is 0 Å². The predicted molar refractivity (Wildman–Crippen MR) is 35.2 cm³/mol. The van der Waals surface area contributed by atoms with E-state index in [1.54, 1.807) is 6.08 Å². The van der Waals surface area contributed by atoms with Crippen LogP contribution >= 0.6 is 25.3 Å². The van der Waals surface area contributed by atoms with Crippen molar-refractivity contribution in [1.82, 2.24) is 0 Å². The van der Waals surface area contributed by atoms with Crippen LogP contribution in [0.2, 0.25) is 0 Å². The van der Waals surface area contributed by atoms with E-state index in [0.29, 0.717) is 4.24 Å². The highest BCUT2D eigenvalue weighted by atomic mass is 32.2. The van der Waals surface area contributed by atoms with Crippen LogP contribution in [0.5, 0.6) is 0 Å². The van der Waals surface area contributed by atoms with Crippen molar-refractivity contribution in [1.29, 1.82) is 0 Å². The van der Waals surface area contributed by atoms with Gasteiger partial charge in [-0.1, -0.05) is 0 Å². The molecule has 0 spiro atoms. The molecule has 0 bridgehead atoms. The Morgan fingerprint density at radius 1 is 1.67 bits per heavy atom. The third kappa shape index (κ3) is 4.22. The van der Waals surface area contributed by atoms with Crippen LogP contribution in [0.4, 0.5) is 0 Å². The SMILES string of the molecule is CC=C=C(S)S. The fraction of sp³-hybridized carbons (Fsp3) is 0.250. The van der Waals surface area contributed by atoms with E-state index in [1.165, 1.54) is 0 Å². The average molecular weight is 118 g/mol. The monoisotopic (exact) mass is 118 g/mol. The lowest BCUT2D eigenvalue weighted by atomic mass is 10.7. The van der Waals surface area contributed by atoms with Crippen molar-refractivity contribution in [3.63, 3.8) is 0 Å². The molecular weight excluding hydrogens is 112 g/mol. The minimum atomic E-state index is 0.623. The molecule has 0 aromatic rings. The largest absolute Gasteiger partial charge is 0.129 e. The molecule has 0 radical (unpaired) electrons. The zero-order valence-corrected chi connectivity index (χ0v) is 5.26. The van der Waals surface area contributed by atoms with E-state index in [0.717, 1.165) is 0 Å². The molecule has 0 saturated heterocycles. The van der Waals surface area contributed by atoms with Gasteiger partial charge in [0.15, 0.2) is 0 Å². The Hall–Kier alpha value is 0.220. The lowest BCUT2D eigenvalue weighted by molar-refractivity contribution is 1.78. The van der Waals surface area contributed by atoms with Crippen molar-refractivity contribution < 1.29 is 0 Å². The molecule has 0 rings (SSSR count). The first kappa shape index (κ1) is 6.22. The lowest BCUT2D eigenvalue weighted by Crippen LogP contribution is -1.37. The molecule has 0 unspecified atom stereocenters. The number of hydrogen-bond acceptors (Lipinski definition) is 2. The zero-order valence-electron chi connectivity index (χ0n) is 3.47. The maximum absolute atomic E-state index is 3.82. The van der Waals surface area contributed by atoms with Gasteiger partial charge in [-0.3, -0.25) is 0 Å². The molecule has 0 heterocycles. The van der Waals surface area contributed by atoms with Crippen molar-refractivity contribution in [3.8, 4) is 0 Å². The summed E-state index contributed by atoms with van der Waals surface area (Å²) in [7, 11) is 0. The van der Waals surface area contributed by atoms with Crippen LogP contribution in [-0.2, 0) is 0 Å². The molecule has 6 heavy (non-hydrogen) atoms. The summed E-state index contributed by atoms with van der Waals surface area (Å²) in [4.78, 5) is 0. The van der Waals surface area contributed by atoms with Gasteiger partial charge in [-0.05, 0) is 13.0 Å². The Kier molecular flexibility index (Phi) is 3.54. The zero-order chi connectivity index (χ0) is 4.99. The van der Waals surface area contributed by atoms with E-state index in [9.17, 15) is 0 Å². The third-order valence-corrected chi connectivity index (χ3v) is 0.532. The van der Waals surface area contributed by atoms with E-state index < -0.39 is 0 Å². The molecule has 0 N–H and O–H groups in total. The van der Waals surface area contributed by atoms with Gasteiger partial charge in [-0.15, -0.1) is 31.0 Å². The molecule has 0 aliphatic carbocycles. The normalized spacial score (nSPS) is 6.50. The summed E-state index contributed by atoms with van der Waals surface area (Å²) in [5.74, 6) is 0. The quantitative estimate of drug-likeness (QED) is 0.352. The molecule has 2 heteroatoms. The van der Waals surface area contributed by atoms with Crippen LogP contribution in [0.3, 0.4) is 0 Å². The summed E-state index contributed by atoms with van der Waals surface area (Å²) in [5.41, 5.74) is 2.73. The lowest BCUT2D eigenvalue weighted by Gasteiger charge is -1.68. The van der Waals surface area contributed by atoms with Crippen molar-refractivity contribution >= 4 is 25.3 Å². The van der Waals surface area contributed by atoms with E-state index in [4.69, 9.17) is 0 Å². The predicted octanol–water partition coefficient (Wildman–Crippen LogP) is 1.86. The summed E-state index contributed by atoms with van der Waals surface area (Å²) in [5, 5.41) is 0. The van der Waals surface area contributed by atoms with E-state index >= 15 is 0 Å². The van der Waals surface area contributed by atoms with Gasteiger partial charge in [0, 0.05) is 0 Å². The standard InChI is InChI=1S/C4H6S2/c1-2-3-4(5)6/h2,5-6H,1H3. The second-order valence-electron chi connectivity index (χ2n) is 0.757.